The van der Waals surface area contributed by atoms with Crippen LogP contribution in [0.4, 0.5) is 5.82 Å². The maximum absolute atomic E-state index is 11.7. The predicted octanol–water partition coefficient (Wildman–Crippen LogP) is 2.19. The van der Waals surface area contributed by atoms with Crippen LogP contribution in [0.3, 0.4) is 0 Å². The first-order chi connectivity index (χ1) is 8.60. The fraction of sp³-hybridized carbons (Fsp3) is 0.583. The summed E-state index contributed by atoms with van der Waals surface area (Å²) in [5.41, 5.74) is 6.65. The molecule has 0 fully saturated rings. The van der Waals surface area contributed by atoms with E-state index in [-0.39, 0.29) is 11.4 Å². The van der Waals surface area contributed by atoms with Gasteiger partial charge in [-0.2, -0.15) is 11.8 Å². The number of aromatic nitrogens is 2. The number of carbonyl (C=O) groups excluding carboxylic acids is 1. The molecule has 0 aliphatic rings. The van der Waals surface area contributed by atoms with E-state index in [1.807, 2.05) is 0 Å². The van der Waals surface area contributed by atoms with Crippen molar-refractivity contribution in [3.63, 3.8) is 0 Å². The van der Waals surface area contributed by atoms with E-state index in [1.165, 1.54) is 0 Å². The summed E-state index contributed by atoms with van der Waals surface area (Å²) in [7, 11) is 0. The number of nitrogen functional groups attached to an aromatic ring is 1. The minimum Gasteiger partial charge on any atom is -0.462 e. The monoisotopic (exact) mass is 269 g/mol. The average molecular weight is 269 g/mol. The Morgan fingerprint density at radius 3 is 2.67 bits per heavy atom. The zero-order valence-corrected chi connectivity index (χ0v) is 11.8. The summed E-state index contributed by atoms with van der Waals surface area (Å²) in [5.74, 6) is 2.18. The maximum atomic E-state index is 11.7. The lowest BCUT2D eigenvalue weighted by atomic mass is 10.2. The number of nitrogens with zero attached hydrogens (tertiary/aromatic N) is 2. The van der Waals surface area contributed by atoms with Crippen molar-refractivity contribution in [2.24, 2.45) is 0 Å². The summed E-state index contributed by atoms with van der Waals surface area (Å²) in [5, 5.41) is 0. The van der Waals surface area contributed by atoms with Gasteiger partial charge in [0.05, 0.1) is 18.1 Å². The second-order valence-corrected chi connectivity index (χ2v) is 4.86. The smallest absolute Gasteiger partial charge is 0.343 e. The topological polar surface area (TPSA) is 78.1 Å². The Morgan fingerprint density at radius 2 is 2.11 bits per heavy atom. The van der Waals surface area contributed by atoms with Gasteiger partial charge in [0, 0.05) is 0 Å². The molecule has 6 heteroatoms. The number of rotatable bonds is 6. The molecule has 100 valence electrons. The molecular weight excluding hydrogens is 250 g/mol. The molecule has 0 amide bonds. The number of hydrogen-bond donors (Lipinski definition) is 1. The van der Waals surface area contributed by atoms with E-state index in [1.54, 1.807) is 25.6 Å². The van der Waals surface area contributed by atoms with Gasteiger partial charge in [-0.3, -0.25) is 0 Å². The van der Waals surface area contributed by atoms with Gasteiger partial charge in [-0.1, -0.05) is 6.92 Å². The fourth-order valence-corrected chi connectivity index (χ4v) is 2.23. The van der Waals surface area contributed by atoms with E-state index in [0.717, 1.165) is 12.2 Å². The van der Waals surface area contributed by atoms with E-state index in [0.29, 0.717) is 23.9 Å². The van der Waals surface area contributed by atoms with E-state index in [2.05, 4.69) is 16.9 Å². The second-order valence-electron chi connectivity index (χ2n) is 3.76. The van der Waals surface area contributed by atoms with Crippen molar-refractivity contribution in [1.82, 2.24) is 9.97 Å². The van der Waals surface area contributed by atoms with Crippen LogP contribution in [0.2, 0.25) is 0 Å². The Hall–Kier alpha value is -1.30. The lowest BCUT2D eigenvalue weighted by Gasteiger charge is -2.09. The van der Waals surface area contributed by atoms with Crippen molar-refractivity contribution < 1.29 is 9.53 Å². The summed E-state index contributed by atoms with van der Waals surface area (Å²) in [6.45, 7) is 5.93. The quantitative estimate of drug-likeness (QED) is 0.630. The van der Waals surface area contributed by atoms with Crippen molar-refractivity contribution in [3.8, 4) is 0 Å². The molecule has 0 unspecified atom stereocenters. The van der Waals surface area contributed by atoms with Crippen LogP contribution in [0.5, 0.6) is 0 Å². The minimum atomic E-state index is -0.458. The number of carbonyl (C=O) groups is 1. The Bertz CT molecular complexity index is 401. The molecule has 0 atom stereocenters. The van der Waals surface area contributed by atoms with Crippen molar-refractivity contribution >= 4 is 23.5 Å². The van der Waals surface area contributed by atoms with Gasteiger partial charge in [-0.15, -0.1) is 0 Å². The molecule has 0 bridgehead atoms. The fourth-order valence-electron chi connectivity index (χ4n) is 1.48. The second kappa shape index (κ2) is 7.20. The van der Waals surface area contributed by atoms with E-state index in [9.17, 15) is 4.79 Å². The standard InChI is InChI=1S/C12H19N3O2S/c1-4-6-18-7-9-14-8(3)10(11(13)15-9)12(16)17-5-2/h4-7H2,1-3H3,(H2,13,14,15). The van der Waals surface area contributed by atoms with Gasteiger partial charge in [-0.25, -0.2) is 14.8 Å². The van der Waals surface area contributed by atoms with Crippen molar-refractivity contribution in [1.29, 1.82) is 0 Å². The number of ether oxygens (including phenoxy) is 1. The number of thioether (sulfide) groups is 1. The molecular formula is C12H19N3O2S. The first-order valence-corrected chi connectivity index (χ1v) is 7.13. The first kappa shape index (κ1) is 14.8. The molecule has 0 aromatic carbocycles. The van der Waals surface area contributed by atoms with Crippen LogP contribution >= 0.6 is 11.8 Å². The summed E-state index contributed by atoms with van der Waals surface area (Å²) < 4.78 is 4.92. The molecule has 0 spiro atoms. The highest BCUT2D eigenvalue weighted by Crippen LogP contribution is 2.17. The summed E-state index contributed by atoms with van der Waals surface area (Å²) in [4.78, 5) is 20.1. The van der Waals surface area contributed by atoms with E-state index < -0.39 is 5.97 Å². The average Bonchev–Trinajstić information content (AvgIpc) is 2.28. The Morgan fingerprint density at radius 1 is 1.39 bits per heavy atom. The third kappa shape index (κ3) is 3.87. The Balaban J connectivity index is 2.87. The van der Waals surface area contributed by atoms with Crippen LogP contribution in [0.1, 0.15) is 42.1 Å². The van der Waals surface area contributed by atoms with Gasteiger partial charge >= 0.3 is 5.97 Å². The van der Waals surface area contributed by atoms with Crippen molar-refractivity contribution in [3.05, 3.63) is 17.1 Å². The molecule has 0 aliphatic carbocycles. The predicted molar refractivity (Wildman–Crippen MR) is 73.6 cm³/mol. The molecule has 0 saturated heterocycles. The van der Waals surface area contributed by atoms with Crippen molar-refractivity contribution in [2.45, 2.75) is 32.9 Å². The van der Waals surface area contributed by atoms with E-state index >= 15 is 0 Å². The minimum absolute atomic E-state index is 0.202. The van der Waals surface area contributed by atoms with Gasteiger partial charge in [0.2, 0.25) is 0 Å². The van der Waals surface area contributed by atoms with Crippen LogP contribution < -0.4 is 5.73 Å². The number of nitrogens with two attached hydrogens (primary N) is 1. The van der Waals surface area contributed by atoms with Crippen LogP contribution in [-0.2, 0) is 10.5 Å². The van der Waals surface area contributed by atoms with Gasteiger partial charge < -0.3 is 10.5 Å². The highest BCUT2D eigenvalue weighted by molar-refractivity contribution is 7.98. The first-order valence-electron chi connectivity index (χ1n) is 5.98. The SMILES string of the molecule is CCCSCc1nc(C)c(C(=O)OCC)c(N)n1. The Labute approximate surface area is 112 Å². The lowest BCUT2D eigenvalue weighted by molar-refractivity contribution is 0.0526. The maximum Gasteiger partial charge on any atom is 0.343 e. The summed E-state index contributed by atoms with van der Waals surface area (Å²) in [6.07, 6.45) is 1.11. The van der Waals surface area contributed by atoms with Crippen LogP contribution in [0, 0.1) is 6.92 Å². The zero-order chi connectivity index (χ0) is 13.5. The molecule has 2 N–H and O–H groups in total. The molecule has 0 saturated carbocycles. The lowest BCUT2D eigenvalue weighted by Crippen LogP contribution is -2.14. The molecule has 1 heterocycles. The normalized spacial score (nSPS) is 10.4. The molecule has 1 aromatic heterocycles. The number of anilines is 1. The largest absolute Gasteiger partial charge is 0.462 e. The molecule has 0 aliphatic heterocycles. The number of esters is 1. The Kier molecular flexibility index (Phi) is 5.91. The van der Waals surface area contributed by atoms with Gasteiger partial charge in [-0.05, 0) is 26.0 Å². The van der Waals surface area contributed by atoms with E-state index in [4.69, 9.17) is 10.5 Å². The molecule has 1 aromatic rings. The zero-order valence-electron chi connectivity index (χ0n) is 11.0. The highest BCUT2D eigenvalue weighted by Gasteiger charge is 2.17. The molecule has 0 radical (unpaired) electrons. The summed E-state index contributed by atoms with van der Waals surface area (Å²) in [6, 6.07) is 0. The molecule has 1 rings (SSSR count). The van der Waals surface area contributed by atoms with Gasteiger partial charge in [0.25, 0.3) is 0 Å². The van der Waals surface area contributed by atoms with Gasteiger partial charge in [0.1, 0.15) is 17.2 Å². The van der Waals surface area contributed by atoms with Crippen molar-refractivity contribution in [2.75, 3.05) is 18.1 Å². The van der Waals surface area contributed by atoms with Crippen LogP contribution in [0.25, 0.3) is 0 Å². The number of aryl methyl sites for hydroxylation is 1. The third-order valence-electron chi connectivity index (χ3n) is 2.22. The molecule has 18 heavy (non-hydrogen) atoms. The highest BCUT2D eigenvalue weighted by atomic mass is 32.2. The van der Waals surface area contributed by atoms with Crippen LogP contribution in [0.15, 0.2) is 0 Å². The molecule has 5 nitrogen and oxygen atoms in total. The third-order valence-corrected chi connectivity index (χ3v) is 3.38. The summed E-state index contributed by atoms with van der Waals surface area (Å²) >= 11 is 1.75. The number of hydrogen-bond acceptors (Lipinski definition) is 6. The van der Waals surface area contributed by atoms with Gasteiger partial charge in [0.15, 0.2) is 0 Å². The van der Waals surface area contributed by atoms with Crippen LogP contribution in [-0.4, -0.2) is 28.3 Å².